The Morgan fingerprint density at radius 1 is 1.48 bits per heavy atom. The van der Waals surface area contributed by atoms with E-state index >= 15 is 0 Å². The first-order chi connectivity index (χ1) is 10.2. The zero-order valence-electron chi connectivity index (χ0n) is 12.5. The summed E-state index contributed by atoms with van der Waals surface area (Å²) in [4.78, 5) is 15.5. The molecule has 1 aromatic rings. The molecule has 0 radical (unpaired) electrons. The zero-order valence-corrected chi connectivity index (χ0v) is 13.4. The molecule has 114 valence electrons. The van der Waals surface area contributed by atoms with E-state index in [-0.39, 0.29) is 0 Å². The number of thioether (sulfide) groups is 1. The monoisotopic (exact) mass is 305 g/mol. The van der Waals surface area contributed by atoms with Gasteiger partial charge in [0.15, 0.2) is 0 Å². The Balaban J connectivity index is 1.72. The minimum Gasteiger partial charge on any atom is -0.480 e. The molecule has 4 heteroatoms. The highest BCUT2D eigenvalue weighted by Gasteiger charge is 2.47. The van der Waals surface area contributed by atoms with Crippen molar-refractivity contribution in [3.63, 3.8) is 0 Å². The van der Waals surface area contributed by atoms with E-state index < -0.39 is 11.5 Å². The maximum atomic E-state index is 11.9. The van der Waals surface area contributed by atoms with Crippen LogP contribution in [0.1, 0.15) is 38.2 Å². The highest BCUT2D eigenvalue weighted by atomic mass is 32.2. The Kier molecular flexibility index (Phi) is 4.27. The summed E-state index contributed by atoms with van der Waals surface area (Å²) in [5.41, 5.74) is 0.812. The molecule has 0 bridgehead atoms. The van der Waals surface area contributed by atoms with Crippen LogP contribution in [0.3, 0.4) is 0 Å². The molecule has 1 aromatic carbocycles. The zero-order chi connectivity index (χ0) is 14.9. The number of carbonyl (C=O) groups is 1. The summed E-state index contributed by atoms with van der Waals surface area (Å²) in [5, 5.41) is 10.3. The summed E-state index contributed by atoms with van der Waals surface area (Å²) in [6.07, 6.45) is 4.59. The number of aliphatic carboxylic acids is 1. The van der Waals surface area contributed by atoms with Crippen molar-refractivity contribution < 1.29 is 9.90 Å². The molecule has 1 saturated heterocycles. The summed E-state index contributed by atoms with van der Waals surface area (Å²) in [6.45, 7) is 3.91. The van der Waals surface area contributed by atoms with Crippen molar-refractivity contribution in [3.8, 4) is 0 Å². The average molecular weight is 305 g/mol. The van der Waals surface area contributed by atoms with Crippen molar-refractivity contribution >= 4 is 17.7 Å². The van der Waals surface area contributed by atoms with Crippen molar-refractivity contribution in [2.24, 2.45) is 0 Å². The Morgan fingerprint density at radius 3 is 3.00 bits per heavy atom. The first-order valence-electron chi connectivity index (χ1n) is 7.89. The van der Waals surface area contributed by atoms with Gasteiger partial charge in [-0.1, -0.05) is 31.5 Å². The largest absolute Gasteiger partial charge is 0.480 e. The van der Waals surface area contributed by atoms with Gasteiger partial charge >= 0.3 is 5.97 Å². The third kappa shape index (κ3) is 2.71. The van der Waals surface area contributed by atoms with E-state index in [2.05, 4.69) is 36.1 Å². The lowest BCUT2D eigenvalue weighted by Gasteiger charge is -2.36. The predicted octanol–water partition coefficient (Wildman–Crippen LogP) is 3.42. The Bertz CT molecular complexity index is 508. The number of carboxylic acids is 1. The number of nitrogens with zero attached hydrogens (tertiary/aromatic N) is 1. The van der Waals surface area contributed by atoms with Crippen molar-refractivity contribution in [1.29, 1.82) is 0 Å². The molecule has 2 aliphatic heterocycles. The number of hydrogen-bond acceptors (Lipinski definition) is 3. The highest BCUT2D eigenvalue weighted by molar-refractivity contribution is 8.00. The smallest absolute Gasteiger partial charge is 0.324 e. The van der Waals surface area contributed by atoms with Crippen LogP contribution in [-0.2, 0) is 11.2 Å². The molecule has 3 rings (SSSR count). The predicted molar refractivity (Wildman–Crippen MR) is 85.9 cm³/mol. The number of fused-ring (bicyclic) bond motifs is 1. The van der Waals surface area contributed by atoms with Crippen LogP contribution in [0, 0.1) is 0 Å². The van der Waals surface area contributed by atoms with Gasteiger partial charge in [0.25, 0.3) is 0 Å². The summed E-state index contributed by atoms with van der Waals surface area (Å²) in [6, 6.07) is 8.56. The molecule has 0 aliphatic carbocycles. The fraction of sp³-hybridized carbons (Fsp3) is 0.588. The first kappa shape index (κ1) is 14.9. The molecule has 3 nitrogen and oxygen atoms in total. The van der Waals surface area contributed by atoms with E-state index in [1.165, 1.54) is 10.5 Å². The van der Waals surface area contributed by atoms with Gasteiger partial charge in [0.1, 0.15) is 5.54 Å². The standard InChI is InChI=1S/C17H23NO2S/c1-2-8-17(16(19)20)9-5-10-18(17)12-14-11-13-6-3-4-7-15(13)21-14/h3-4,6-7,14H,2,5,8-12H2,1H3,(H,19,20). The van der Waals surface area contributed by atoms with E-state index in [4.69, 9.17) is 0 Å². The highest BCUT2D eigenvalue weighted by Crippen LogP contribution is 2.40. The first-order valence-corrected chi connectivity index (χ1v) is 8.76. The Morgan fingerprint density at radius 2 is 2.29 bits per heavy atom. The summed E-state index contributed by atoms with van der Waals surface area (Å²) < 4.78 is 0. The minimum atomic E-state index is -0.623. The molecule has 2 aliphatic rings. The number of benzene rings is 1. The summed E-state index contributed by atoms with van der Waals surface area (Å²) in [7, 11) is 0. The molecule has 0 amide bonds. The molecule has 0 spiro atoms. The van der Waals surface area contributed by atoms with E-state index in [1.807, 2.05) is 11.8 Å². The van der Waals surface area contributed by atoms with Crippen LogP contribution in [0.15, 0.2) is 29.2 Å². The van der Waals surface area contributed by atoms with Crippen molar-refractivity contribution in [1.82, 2.24) is 4.90 Å². The fourth-order valence-electron chi connectivity index (χ4n) is 3.85. The van der Waals surface area contributed by atoms with Crippen molar-refractivity contribution in [2.75, 3.05) is 13.1 Å². The molecule has 2 unspecified atom stereocenters. The Hall–Kier alpha value is -1.00. The van der Waals surface area contributed by atoms with E-state index in [1.54, 1.807) is 0 Å². The molecule has 2 atom stereocenters. The third-order valence-electron chi connectivity index (χ3n) is 4.82. The van der Waals surface area contributed by atoms with Gasteiger partial charge in [-0.15, -0.1) is 11.8 Å². The maximum Gasteiger partial charge on any atom is 0.324 e. The van der Waals surface area contributed by atoms with E-state index in [9.17, 15) is 9.90 Å². The second-order valence-electron chi connectivity index (χ2n) is 6.19. The molecule has 1 N–H and O–H groups in total. The fourth-order valence-corrected chi connectivity index (χ4v) is 5.18. The number of likely N-dealkylation sites (tertiary alicyclic amines) is 1. The van der Waals surface area contributed by atoms with Gasteiger partial charge in [-0.3, -0.25) is 9.69 Å². The van der Waals surface area contributed by atoms with Crippen LogP contribution in [0.2, 0.25) is 0 Å². The molecule has 2 heterocycles. The molecule has 0 saturated carbocycles. The third-order valence-corrected chi connectivity index (χ3v) is 6.12. The normalized spacial score (nSPS) is 28.7. The number of carboxylic acid groups (broad SMARTS) is 1. The number of rotatable bonds is 5. The second-order valence-corrected chi connectivity index (χ2v) is 7.53. The topological polar surface area (TPSA) is 40.5 Å². The van der Waals surface area contributed by atoms with Gasteiger partial charge in [-0.25, -0.2) is 0 Å². The van der Waals surface area contributed by atoms with E-state index in [0.29, 0.717) is 5.25 Å². The van der Waals surface area contributed by atoms with Crippen LogP contribution < -0.4 is 0 Å². The lowest BCUT2D eigenvalue weighted by molar-refractivity contribution is -0.150. The molecule has 1 fully saturated rings. The van der Waals surface area contributed by atoms with Gasteiger partial charge < -0.3 is 5.11 Å². The molecule has 0 aromatic heterocycles. The quantitative estimate of drug-likeness (QED) is 0.905. The summed E-state index contributed by atoms with van der Waals surface area (Å²) >= 11 is 1.92. The second kappa shape index (κ2) is 6.01. The summed E-state index contributed by atoms with van der Waals surface area (Å²) in [5.74, 6) is -0.623. The minimum absolute atomic E-state index is 0.496. The van der Waals surface area contributed by atoms with Crippen LogP contribution in [0.25, 0.3) is 0 Å². The van der Waals surface area contributed by atoms with Crippen molar-refractivity contribution in [2.45, 2.75) is 54.7 Å². The average Bonchev–Trinajstić information content (AvgIpc) is 3.04. The van der Waals surface area contributed by atoms with Gasteiger partial charge in [-0.2, -0.15) is 0 Å². The van der Waals surface area contributed by atoms with E-state index in [0.717, 1.165) is 45.2 Å². The van der Waals surface area contributed by atoms with Gasteiger partial charge in [0.2, 0.25) is 0 Å². The maximum absolute atomic E-state index is 11.9. The van der Waals surface area contributed by atoms with Crippen LogP contribution in [-0.4, -0.2) is 39.9 Å². The van der Waals surface area contributed by atoms with Crippen LogP contribution in [0.4, 0.5) is 0 Å². The molecule has 21 heavy (non-hydrogen) atoms. The molecular weight excluding hydrogens is 282 g/mol. The van der Waals surface area contributed by atoms with Gasteiger partial charge in [-0.05, 0) is 43.9 Å². The van der Waals surface area contributed by atoms with Crippen molar-refractivity contribution in [3.05, 3.63) is 29.8 Å². The lowest BCUT2D eigenvalue weighted by atomic mass is 9.90. The number of hydrogen-bond donors (Lipinski definition) is 1. The lowest BCUT2D eigenvalue weighted by Crippen LogP contribution is -2.52. The Labute approximate surface area is 130 Å². The van der Waals surface area contributed by atoms with Crippen LogP contribution in [0.5, 0.6) is 0 Å². The van der Waals surface area contributed by atoms with Crippen LogP contribution >= 0.6 is 11.8 Å². The van der Waals surface area contributed by atoms with Gasteiger partial charge in [0.05, 0.1) is 0 Å². The molecular formula is C17H23NO2S. The SMILES string of the molecule is CCCC1(C(=O)O)CCCN1CC1Cc2ccccc2S1. The van der Waals surface area contributed by atoms with Gasteiger partial charge in [0, 0.05) is 16.7 Å².